The highest BCUT2D eigenvalue weighted by atomic mass is 32.2. The third-order valence-electron chi connectivity index (χ3n) is 1.98. The largest absolute Gasteiger partial charge is 0.300 e. The van der Waals surface area contributed by atoms with Crippen LogP contribution in [0.4, 0.5) is 0 Å². The highest BCUT2D eigenvalue weighted by Gasteiger charge is 2.17. The second-order valence-corrected chi connectivity index (χ2v) is 5.43. The molecule has 1 aromatic rings. The zero-order valence-electron chi connectivity index (χ0n) is 8.91. The number of nitriles is 1. The van der Waals surface area contributed by atoms with Crippen molar-refractivity contribution in [1.29, 1.82) is 5.26 Å². The Kier molecular flexibility index (Phi) is 3.47. The summed E-state index contributed by atoms with van der Waals surface area (Å²) in [5.74, 6) is 0. The molecule has 1 heterocycles. The molecule has 7 heteroatoms. The van der Waals surface area contributed by atoms with Crippen LogP contribution >= 0.6 is 0 Å². The van der Waals surface area contributed by atoms with Gasteiger partial charge >= 0.3 is 0 Å². The first-order chi connectivity index (χ1) is 7.39. The van der Waals surface area contributed by atoms with Crippen molar-refractivity contribution in [3.05, 3.63) is 28.7 Å². The van der Waals surface area contributed by atoms with Crippen molar-refractivity contribution in [2.75, 3.05) is 14.1 Å². The summed E-state index contributed by atoms with van der Waals surface area (Å²) in [5, 5.41) is 8.48. The van der Waals surface area contributed by atoms with Gasteiger partial charge in [0, 0.05) is 26.4 Å². The normalized spacial score (nSPS) is 11.4. The molecule has 1 aromatic heterocycles. The first kappa shape index (κ1) is 12.4. The number of hydrogen-bond acceptors (Lipinski definition) is 4. The first-order valence-electron chi connectivity index (χ1n) is 4.39. The van der Waals surface area contributed by atoms with E-state index in [1.54, 1.807) is 6.07 Å². The van der Waals surface area contributed by atoms with Crippen LogP contribution in [-0.4, -0.2) is 31.4 Å². The molecule has 0 amide bonds. The minimum absolute atomic E-state index is 0.00708. The van der Waals surface area contributed by atoms with Gasteiger partial charge in [0.1, 0.15) is 6.54 Å². The molecule has 16 heavy (non-hydrogen) atoms. The van der Waals surface area contributed by atoms with E-state index < -0.39 is 15.6 Å². The van der Waals surface area contributed by atoms with Crippen molar-refractivity contribution in [2.45, 2.75) is 11.4 Å². The van der Waals surface area contributed by atoms with Gasteiger partial charge < -0.3 is 4.57 Å². The highest BCUT2D eigenvalue weighted by Crippen LogP contribution is 2.10. The summed E-state index contributed by atoms with van der Waals surface area (Å²) in [6, 6.07) is 4.15. The van der Waals surface area contributed by atoms with Crippen molar-refractivity contribution in [3.63, 3.8) is 0 Å². The molecular formula is C9H11N3O3S. The molecule has 0 N–H and O–H groups in total. The molecular weight excluding hydrogens is 230 g/mol. The van der Waals surface area contributed by atoms with Gasteiger partial charge in [0.25, 0.3) is 5.56 Å². The van der Waals surface area contributed by atoms with Crippen LogP contribution in [0.3, 0.4) is 0 Å². The van der Waals surface area contributed by atoms with Crippen molar-refractivity contribution in [3.8, 4) is 6.07 Å². The zero-order chi connectivity index (χ0) is 12.3. The van der Waals surface area contributed by atoms with Crippen molar-refractivity contribution < 1.29 is 8.42 Å². The van der Waals surface area contributed by atoms with Crippen LogP contribution in [0.5, 0.6) is 0 Å². The summed E-state index contributed by atoms with van der Waals surface area (Å²) < 4.78 is 25.6. The predicted octanol–water partition coefficient (Wildman–Crippen LogP) is -0.378. The molecule has 6 nitrogen and oxygen atoms in total. The Labute approximate surface area is 93.4 Å². The van der Waals surface area contributed by atoms with Gasteiger partial charge in [0.15, 0.2) is 0 Å². The molecule has 0 aliphatic rings. The minimum Gasteiger partial charge on any atom is -0.300 e. The van der Waals surface area contributed by atoms with Crippen molar-refractivity contribution in [2.24, 2.45) is 0 Å². The van der Waals surface area contributed by atoms with E-state index in [2.05, 4.69) is 0 Å². The van der Waals surface area contributed by atoms with Crippen LogP contribution in [-0.2, 0) is 16.6 Å². The van der Waals surface area contributed by atoms with Crippen LogP contribution in [0.25, 0.3) is 0 Å². The van der Waals surface area contributed by atoms with Gasteiger partial charge in [-0.15, -0.1) is 0 Å². The molecule has 0 bridgehead atoms. The smallest absolute Gasteiger partial charge is 0.251 e. The number of nitrogens with zero attached hydrogens (tertiary/aromatic N) is 3. The van der Waals surface area contributed by atoms with Crippen LogP contribution in [0, 0.1) is 11.3 Å². The van der Waals surface area contributed by atoms with E-state index in [1.165, 1.54) is 26.4 Å². The lowest BCUT2D eigenvalue weighted by molar-refractivity contribution is 0.519. The fourth-order valence-electron chi connectivity index (χ4n) is 1.07. The van der Waals surface area contributed by atoms with E-state index in [9.17, 15) is 13.2 Å². The number of pyridine rings is 1. The number of rotatable bonds is 3. The standard InChI is InChI=1S/C9H11N3O3S/c1-11(2)16(14,15)8-3-4-9(13)12(7-8)6-5-10/h3-4,7H,6H2,1-2H3. The van der Waals surface area contributed by atoms with Gasteiger partial charge in [0.05, 0.1) is 11.0 Å². The maximum atomic E-state index is 11.7. The molecule has 1 rings (SSSR count). The van der Waals surface area contributed by atoms with E-state index in [0.717, 1.165) is 14.9 Å². The Balaban J connectivity index is 3.35. The average Bonchev–Trinajstić information content (AvgIpc) is 2.21. The quantitative estimate of drug-likeness (QED) is 0.722. The third kappa shape index (κ3) is 2.29. The zero-order valence-corrected chi connectivity index (χ0v) is 9.73. The summed E-state index contributed by atoms with van der Waals surface area (Å²) in [7, 11) is -0.774. The molecule has 0 fully saturated rings. The van der Waals surface area contributed by atoms with Gasteiger partial charge in [0.2, 0.25) is 10.0 Å². The monoisotopic (exact) mass is 241 g/mol. The summed E-state index contributed by atoms with van der Waals surface area (Å²) in [5.41, 5.74) is -0.403. The molecule has 0 unspecified atom stereocenters. The van der Waals surface area contributed by atoms with E-state index >= 15 is 0 Å². The number of hydrogen-bond donors (Lipinski definition) is 0. The molecule has 86 valence electrons. The lowest BCUT2D eigenvalue weighted by Crippen LogP contribution is -2.25. The maximum Gasteiger partial charge on any atom is 0.251 e. The molecule has 0 radical (unpaired) electrons. The lowest BCUT2D eigenvalue weighted by atomic mass is 10.4. The fraction of sp³-hybridized carbons (Fsp3) is 0.333. The summed E-state index contributed by atoms with van der Waals surface area (Å²) >= 11 is 0. The van der Waals surface area contributed by atoms with Crippen LogP contribution < -0.4 is 5.56 Å². The van der Waals surface area contributed by atoms with E-state index in [4.69, 9.17) is 5.26 Å². The fourth-order valence-corrected chi connectivity index (χ4v) is 1.99. The second kappa shape index (κ2) is 4.47. The SMILES string of the molecule is CN(C)S(=O)(=O)c1ccc(=O)n(CC#N)c1. The van der Waals surface area contributed by atoms with Crippen LogP contribution in [0.1, 0.15) is 0 Å². The topological polar surface area (TPSA) is 83.2 Å². The van der Waals surface area contributed by atoms with E-state index in [0.29, 0.717) is 0 Å². The summed E-state index contributed by atoms with van der Waals surface area (Å²) in [6.45, 7) is -0.171. The van der Waals surface area contributed by atoms with Gasteiger partial charge in [-0.1, -0.05) is 0 Å². The van der Waals surface area contributed by atoms with Gasteiger partial charge in [-0.25, -0.2) is 12.7 Å². The van der Waals surface area contributed by atoms with Gasteiger partial charge in [-0.2, -0.15) is 5.26 Å². The second-order valence-electron chi connectivity index (χ2n) is 3.28. The lowest BCUT2D eigenvalue weighted by Gasteiger charge is -2.11. The third-order valence-corrected chi connectivity index (χ3v) is 3.77. The summed E-state index contributed by atoms with van der Waals surface area (Å²) in [4.78, 5) is 11.3. The molecule has 0 atom stereocenters. The van der Waals surface area contributed by atoms with Crippen molar-refractivity contribution >= 4 is 10.0 Å². The first-order valence-corrected chi connectivity index (χ1v) is 5.83. The molecule has 0 spiro atoms. The Hall–Kier alpha value is -1.65. The van der Waals surface area contributed by atoms with E-state index in [1.807, 2.05) is 0 Å². The van der Waals surface area contributed by atoms with Crippen LogP contribution in [0.2, 0.25) is 0 Å². The Morgan fingerprint density at radius 3 is 2.56 bits per heavy atom. The van der Waals surface area contributed by atoms with Gasteiger partial charge in [-0.05, 0) is 6.07 Å². The Bertz CT molecular complexity index is 581. The van der Waals surface area contributed by atoms with Crippen LogP contribution in [0.15, 0.2) is 28.0 Å². The molecule has 0 aliphatic heterocycles. The van der Waals surface area contributed by atoms with E-state index in [-0.39, 0.29) is 11.4 Å². The average molecular weight is 241 g/mol. The van der Waals surface area contributed by atoms with Gasteiger partial charge in [-0.3, -0.25) is 4.79 Å². The van der Waals surface area contributed by atoms with Crippen molar-refractivity contribution in [1.82, 2.24) is 8.87 Å². The predicted molar refractivity (Wildman–Crippen MR) is 57.2 cm³/mol. The maximum absolute atomic E-state index is 11.7. The Morgan fingerprint density at radius 2 is 2.06 bits per heavy atom. The molecule has 0 saturated carbocycles. The molecule has 0 saturated heterocycles. The number of aromatic nitrogens is 1. The molecule has 0 aromatic carbocycles. The highest BCUT2D eigenvalue weighted by molar-refractivity contribution is 7.89. The number of sulfonamides is 1. The Morgan fingerprint density at radius 1 is 1.44 bits per heavy atom. The molecule has 0 aliphatic carbocycles. The summed E-state index contributed by atoms with van der Waals surface area (Å²) in [6.07, 6.45) is 1.17. The minimum atomic E-state index is -3.57.